The van der Waals surface area contributed by atoms with E-state index in [9.17, 15) is 9.90 Å². The average Bonchev–Trinajstić information content (AvgIpc) is 3.01. The van der Waals surface area contributed by atoms with Gasteiger partial charge in [-0.3, -0.25) is 4.79 Å². The third-order valence-electron chi connectivity index (χ3n) is 4.21. The SMILES string of the molecule is O=C(NCC1(O)CCCC1)c1ccc(Oc2ccccc2)cc1. The monoisotopic (exact) mass is 311 g/mol. The van der Waals surface area contributed by atoms with E-state index in [4.69, 9.17) is 4.74 Å². The third kappa shape index (κ3) is 4.11. The summed E-state index contributed by atoms with van der Waals surface area (Å²) in [7, 11) is 0. The van der Waals surface area contributed by atoms with Crippen molar-refractivity contribution >= 4 is 5.91 Å². The molecule has 0 unspecified atom stereocenters. The molecule has 1 aliphatic rings. The van der Waals surface area contributed by atoms with Gasteiger partial charge in [-0.15, -0.1) is 0 Å². The predicted molar refractivity (Wildman–Crippen MR) is 88.7 cm³/mol. The van der Waals surface area contributed by atoms with Gasteiger partial charge in [0, 0.05) is 12.1 Å². The number of amides is 1. The zero-order chi connectivity index (χ0) is 16.1. The number of nitrogens with one attached hydrogen (secondary N) is 1. The highest BCUT2D eigenvalue weighted by Gasteiger charge is 2.31. The Bertz CT molecular complexity index is 646. The number of rotatable bonds is 5. The van der Waals surface area contributed by atoms with E-state index in [2.05, 4.69) is 5.32 Å². The number of hydrogen-bond donors (Lipinski definition) is 2. The van der Waals surface area contributed by atoms with Crippen molar-refractivity contribution < 1.29 is 14.6 Å². The number of carbonyl (C=O) groups is 1. The van der Waals surface area contributed by atoms with Crippen LogP contribution >= 0.6 is 0 Å². The normalized spacial score (nSPS) is 16.0. The number of para-hydroxylation sites is 1. The molecule has 4 heteroatoms. The molecule has 0 aromatic heterocycles. The molecule has 2 aromatic rings. The van der Waals surface area contributed by atoms with Crippen molar-refractivity contribution in [3.05, 3.63) is 60.2 Å². The van der Waals surface area contributed by atoms with E-state index < -0.39 is 5.60 Å². The summed E-state index contributed by atoms with van der Waals surface area (Å²) in [5.41, 5.74) is -0.168. The Morgan fingerprint density at radius 2 is 1.61 bits per heavy atom. The smallest absolute Gasteiger partial charge is 0.251 e. The second-order valence-electron chi connectivity index (χ2n) is 6.05. The molecular weight excluding hydrogens is 290 g/mol. The quantitative estimate of drug-likeness (QED) is 0.888. The van der Waals surface area contributed by atoms with Crippen LogP contribution in [0, 0.1) is 0 Å². The second-order valence-corrected chi connectivity index (χ2v) is 6.05. The lowest BCUT2D eigenvalue weighted by atomic mass is 10.0. The summed E-state index contributed by atoms with van der Waals surface area (Å²) in [6.45, 7) is 0.314. The molecule has 0 bridgehead atoms. The molecule has 0 saturated heterocycles. The summed E-state index contributed by atoms with van der Waals surface area (Å²) in [5.74, 6) is 1.27. The number of aliphatic hydroxyl groups is 1. The standard InChI is InChI=1S/C19H21NO3/c21-18(20-14-19(22)12-4-5-13-19)15-8-10-17(11-9-15)23-16-6-2-1-3-7-16/h1-3,6-11,22H,4-5,12-14H2,(H,20,21). The highest BCUT2D eigenvalue weighted by Crippen LogP contribution is 2.28. The fraction of sp³-hybridized carbons (Fsp3) is 0.316. The molecule has 1 amide bonds. The number of hydrogen-bond acceptors (Lipinski definition) is 3. The summed E-state index contributed by atoms with van der Waals surface area (Å²) in [5, 5.41) is 13.1. The van der Waals surface area contributed by atoms with Crippen LogP contribution in [0.2, 0.25) is 0 Å². The largest absolute Gasteiger partial charge is 0.457 e. The van der Waals surface area contributed by atoms with Crippen LogP contribution in [0.5, 0.6) is 11.5 Å². The summed E-state index contributed by atoms with van der Waals surface area (Å²) in [6, 6.07) is 16.5. The van der Waals surface area contributed by atoms with Gasteiger partial charge in [-0.05, 0) is 49.2 Å². The van der Waals surface area contributed by atoms with Gasteiger partial charge in [0.1, 0.15) is 11.5 Å². The van der Waals surface area contributed by atoms with E-state index in [0.717, 1.165) is 31.4 Å². The first-order chi connectivity index (χ1) is 11.1. The lowest BCUT2D eigenvalue weighted by Crippen LogP contribution is -2.40. The molecule has 0 radical (unpaired) electrons. The van der Waals surface area contributed by atoms with Crippen LogP contribution in [0.1, 0.15) is 36.0 Å². The molecule has 0 spiro atoms. The minimum atomic E-state index is -0.730. The van der Waals surface area contributed by atoms with Gasteiger partial charge in [-0.2, -0.15) is 0 Å². The van der Waals surface area contributed by atoms with Gasteiger partial charge in [-0.1, -0.05) is 31.0 Å². The molecular formula is C19H21NO3. The molecule has 23 heavy (non-hydrogen) atoms. The maximum atomic E-state index is 12.2. The molecule has 1 fully saturated rings. The highest BCUT2D eigenvalue weighted by molar-refractivity contribution is 5.94. The van der Waals surface area contributed by atoms with Crippen LogP contribution in [0.15, 0.2) is 54.6 Å². The Balaban J connectivity index is 1.57. The molecule has 0 atom stereocenters. The maximum Gasteiger partial charge on any atom is 0.251 e. The molecule has 1 aliphatic carbocycles. The van der Waals surface area contributed by atoms with Gasteiger partial charge in [0.05, 0.1) is 5.60 Å². The lowest BCUT2D eigenvalue weighted by Gasteiger charge is -2.22. The van der Waals surface area contributed by atoms with Gasteiger partial charge in [0.2, 0.25) is 0 Å². The van der Waals surface area contributed by atoms with E-state index in [-0.39, 0.29) is 5.91 Å². The summed E-state index contributed by atoms with van der Waals surface area (Å²) in [6.07, 6.45) is 3.57. The lowest BCUT2D eigenvalue weighted by molar-refractivity contribution is 0.0449. The average molecular weight is 311 g/mol. The van der Waals surface area contributed by atoms with Crippen LogP contribution in [0.4, 0.5) is 0 Å². The van der Waals surface area contributed by atoms with Crippen molar-refractivity contribution in [2.45, 2.75) is 31.3 Å². The minimum Gasteiger partial charge on any atom is -0.457 e. The van der Waals surface area contributed by atoms with E-state index in [1.165, 1.54) is 0 Å². The Morgan fingerprint density at radius 1 is 1.00 bits per heavy atom. The Morgan fingerprint density at radius 3 is 2.26 bits per heavy atom. The van der Waals surface area contributed by atoms with Gasteiger partial charge >= 0.3 is 0 Å². The van der Waals surface area contributed by atoms with Crippen molar-refractivity contribution in [3.63, 3.8) is 0 Å². The van der Waals surface area contributed by atoms with Gasteiger partial charge in [0.15, 0.2) is 0 Å². The zero-order valence-electron chi connectivity index (χ0n) is 13.0. The molecule has 0 aliphatic heterocycles. The molecule has 120 valence electrons. The zero-order valence-corrected chi connectivity index (χ0v) is 13.0. The van der Waals surface area contributed by atoms with Crippen molar-refractivity contribution in [1.29, 1.82) is 0 Å². The minimum absolute atomic E-state index is 0.170. The second kappa shape index (κ2) is 6.84. The summed E-state index contributed by atoms with van der Waals surface area (Å²) in [4.78, 5) is 12.2. The van der Waals surface area contributed by atoms with Crippen LogP contribution in [-0.2, 0) is 0 Å². The Labute approximate surface area is 136 Å². The van der Waals surface area contributed by atoms with Crippen molar-refractivity contribution in [2.75, 3.05) is 6.54 Å². The predicted octanol–water partition coefficient (Wildman–Crippen LogP) is 3.51. The summed E-state index contributed by atoms with van der Waals surface area (Å²) < 4.78 is 5.70. The van der Waals surface area contributed by atoms with Gasteiger partial charge in [-0.25, -0.2) is 0 Å². The number of benzene rings is 2. The van der Waals surface area contributed by atoms with Crippen molar-refractivity contribution in [2.24, 2.45) is 0 Å². The molecule has 1 saturated carbocycles. The van der Waals surface area contributed by atoms with Crippen LogP contribution in [0.25, 0.3) is 0 Å². The van der Waals surface area contributed by atoms with Crippen LogP contribution < -0.4 is 10.1 Å². The molecule has 0 heterocycles. The topological polar surface area (TPSA) is 58.6 Å². The maximum absolute atomic E-state index is 12.2. The van der Waals surface area contributed by atoms with E-state index in [1.54, 1.807) is 24.3 Å². The van der Waals surface area contributed by atoms with Crippen LogP contribution in [-0.4, -0.2) is 23.2 Å². The third-order valence-corrected chi connectivity index (χ3v) is 4.21. The fourth-order valence-electron chi connectivity index (χ4n) is 2.86. The first kappa shape index (κ1) is 15.6. The van der Waals surface area contributed by atoms with Crippen molar-refractivity contribution in [1.82, 2.24) is 5.32 Å². The number of carbonyl (C=O) groups excluding carboxylic acids is 1. The number of ether oxygens (including phenoxy) is 1. The molecule has 4 nitrogen and oxygen atoms in total. The van der Waals surface area contributed by atoms with Crippen LogP contribution in [0.3, 0.4) is 0 Å². The van der Waals surface area contributed by atoms with E-state index in [1.807, 2.05) is 30.3 Å². The first-order valence-corrected chi connectivity index (χ1v) is 7.98. The Hall–Kier alpha value is -2.33. The summed E-state index contributed by atoms with van der Waals surface area (Å²) >= 11 is 0. The van der Waals surface area contributed by atoms with E-state index in [0.29, 0.717) is 17.9 Å². The first-order valence-electron chi connectivity index (χ1n) is 7.98. The van der Waals surface area contributed by atoms with E-state index >= 15 is 0 Å². The molecule has 2 aromatic carbocycles. The highest BCUT2D eigenvalue weighted by atomic mass is 16.5. The Kier molecular flexibility index (Phi) is 4.63. The van der Waals surface area contributed by atoms with Gasteiger partial charge in [0.25, 0.3) is 5.91 Å². The van der Waals surface area contributed by atoms with Crippen molar-refractivity contribution in [3.8, 4) is 11.5 Å². The van der Waals surface area contributed by atoms with Gasteiger partial charge < -0.3 is 15.2 Å². The fourth-order valence-corrected chi connectivity index (χ4v) is 2.86. The molecule has 3 rings (SSSR count). The molecule has 2 N–H and O–H groups in total.